The maximum atomic E-state index is 12.9. The number of halogens is 6. The van der Waals surface area contributed by atoms with E-state index < -0.39 is 35.1 Å². The summed E-state index contributed by atoms with van der Waals surface area (Å²) in [4.78, 5) is 12.3. The third kappa shape index (κ3) is 5.55. The molecule has 4 nitrogen and oxygen atoms in total. The van der Waals surface area contributed by atoms with Gasteiger partial charge in [0.25, 0.3) is 0 Å². The lowest BCUT2D eigenvalue weighted by Crippen LogP contribution is -2.17. The number of alkyl halides is 6. The van der Waals surface area contributed by atoms with Crippen molar-refractivity contribution in [2.75, 3.05) is 19.5 Å². The Bertz CT molecular complexity index is 874. The van der Waals surface area contributed by atoms with Crippen LogP contribution in [-0.2, 0) is 23.6 Å². The van der Waals surface area contributed by atoms with Gasteiger partial charge in [-0.3, -0.25) is 4.79 Å². The van der Waals surface area contributed by atoms with Gasteiger partial charge in [-0.05, 0) is 48.4 Å². The highest BCUT2D eigenvalue weighted by atomic mass is 19.4. The van der Waals surface area contributed by atoms with Crippen molar-refractivity contribution in [1.82, 2.24) is 0 Å². The molecular formula is C19H17F6NO3. The number of ether oxygens (including phenoxy) is 2. The number of carbonyl (C=O) groups is 1. The lowest BCUT2D eigenvalue weighted by atomic mass is 10.0. The van der Waals surface area contributed by atoms with Crippen molar-refractivity contribution >= 4 is 11.6 Å². The number of hydrogen-bond donors (Lipinski definition) is 1. The molecule has 0 aromatic heterocycles. The largest absolute Gasteiger partial charge is 0.493 e. The molecule has 158 valence electrons. The van der Waals surface area contributed by atoms with Crippen LogP contribution >= 0.6 is 0 Å². The van der Waals surface area contributed by atoms with Gasteiger partial charge in [-0.25, -0.2) is 0 Å². The van der Waals surface area contributed by atoms with Crippen molar-refractivity contribution in [2.45, 2.75) is 25.7 Å². The lowest BCUT2D eigenvalue weighted by molar-refractivity contribution is -0.143. The fraction of sp³-hybridized carbons (Fsp3) is 0.316. The second kappa shape index (κ2) is 8.22. The maximum Gasteiger partial charge on any atom is 0.416 e. The van der Waals surface area contributed by atoms with Crippen molar-refractivity contribution in [3.05, 3.63) is 52.6 Å². The first-order chi connectivity index (χ1) is 13.3. The SMILES string of the molecule is COc1cc(C)c(CC(=O)Nc2cc(C(F)(F)F)cc(C(F)(F)F)c2)cc1OC. The summed E-state index contributed by atoms with van der Waals surface area (Å²) in [5.74, 6) is -0.0334. The van der Waals surface area contributed by atoms with Gasteiger partial charge in [0.05, 0.1) is 31.8 Å². The third-order valence-corrected chi connectivity index (χ3v) is 4.06. The Morgan fingerprint density at radius 3 is 1.79 bits per heavy atom. The highest BCUT2D eigenvalue weighted by molar-refractivity contribution is 5.92. The van der Waals surface area contributed by atoms with Crippen LogP contribution in [0, 0.1) is 6.92 Å². The molecule has 0 fully saturated rings. The van der Waals surface area contributed by atoms with Gasteiger partial charge in [0, 0.05) is 5.69 Å². The molecule has 0 unspecified atom stereocenters. The zero-order valence-electron chi connectivity index (χ0n) is 15.6. The molecule has 0 bridgehead atoms. The number of nitrogens with one attached hydrogen (secondary N) is 1. The highest BCUT2D eigenvalue weighted by Gasteiger charge is 2.37. The molecule has 1 amide bonds. The second-order valence-corrected chi connectivity index (χ2v) is 6.15. The fourth-order valence-electron chi connectivity index (χ4n) is 2.62. The lowest BCUT2D eigenvalue weighted by Gasteiger charge is -2.15. The van der Waals surface area contributed by atoms with Gasteiger partial charge in [-0.1, -0.05) is 0 Å². The van der Waals surface area contributed by atoms with Gasteiger partial charge in [0.2, 0.25) is 5.91 Å². The molecule has 0 saturated carbocycles. The first kappa shape index (κ1) is 22.4. The zero-order chi connectivity index (χ0) is 22.0. The van der Waals surface area contributed by atoms with E-state index in [9.17, 15) is 31.1 Å². The van der Waals surface area contributed by atoms with Crippen LogP contribution in [0.1, 0.15) is 22.3 Å². The van der Waals surface area contributed by atoms with Crippen molar-refractivity contribution in [3.63, 3.8) is 0 Å². The van der Waals surface area contributed by atoms with Crippen molar-refractivity contribution < 1.29 is 40.6 Å². The summed E-state index contributed by atoms with van der Waals surface area (Å²) < 4.78 is 87.8. The normalized spacial score (nSPS) is 11.9. The molecule has 2 aromatic carbocycles. The second-order valence-electron chi connectivity index (χ2n) is 6.15. The van der Waals surface area contributed by atoms with Gasteiger partial charge >= 0.3 is 12.4 Å². The Morgan fingerprint density at radius 2 is 1.34 bits per heavy atom. The first-order valence-electron chi connectivity index (χ1n) is 8.16. The van der Waals surface area contributed by atoms with Crippen LogP contribution in [0.4, 0.5) is 32.0 Å². The van der Waals surface area contributed by atoms with E-state index in [1.807, 2.05) is 0 Å². The van der Waals surface area contributed by atoms with Gasteiger partial charge < -0.3 is 14.8 Å². The Balaban J connectivity index is 2.31. The minimum Gasteiger partial charge on any atom is -0.493 e. The first-order valence-corrected chi connectivity index (χ1v) is 8.16. The number of amides is 1. The predicted octanol–water partition coefficient (Wildman–Crippen LogP) is 5.23. The van der Waals surface area contributed by atoms with E-state index in [1.165, 1.54) is 20.3 Å². The molecule has 29 heavy (non-hydrogen) atoms. The van der Waals surface area contributed by atoms with E-state index in [1.54, 1.807) is 13.0 Å². The van der Waals surface area contributed by atoms with Crippen LogP contribution in [0.3, 0.4) is 0 Å². The van der Waals surface area contributed by atoms with Crippen LogP contribution in [0.2, 0.25) is 0 Å². The number of methoxy groups -OCH3 is 2. The van der Waals surface area contributed by atoms with E-state index in [0.717, 1.165) is 0 Å². The van der Waals surface area contributed by atoms with Gasteiger partial charge in [-0.15, -0.1) is 0 Å². The monoisotopic (exact) mass is 421 g/mol. The predicted molar refractivity (Wildman–Crippen MR) is 93.1 cm³/mol. The van der Waals surface area contributed by atoms with Gasteiger partial charge in [-0.2, -0.15) is 26.3 Å². The van der Waals surface area contributed by atoms with Crippen molar-refractivity contribution in [1.29, 1.82) is 0 Å². The smallest absolute Gasteiger partial charge is 0.416 e. The number of benzene rings is 2. The molecule has 0 atom stereocenters. The summed E-state index contributed by atoms with van der Waals surface area (Å²) in [6.07, 6.45) is -10.3. The molecule has 0 saturated heterocycles. The standard InChI is InChI=1S/C19H17F6NO3/c1-10-4-15(28-2)16(29-3)5-11(10)6-17(27)26-14-8-12(18(20,21)22)7-13(9-14)19(23,24)25/h4-5,7-9H,6H2,1-3H3,(H,26,27). The molecule has 0 aliphatic rings. The molecule has 10 heteroatoms. The average molecular weight is 421 g/mol. The fourth-order valence-corrected chi connectivity index (χ4v) is 2.62. The minimum atomic E-state index is -5.00. The Kier molecular flexibility index (Phi) is 6.34. The quantitative estimate of drug-likeness (QED) is 0.673. The minimum absolute atomic E-state index is 0.00581. The number of anilines is 1. The average Bonchev–Trinajstić information content (AvgIpc) is 2.61. The van der Waals surface area contributed by atoms with Crippen LogP contribution in [0.15, 0.2) is 30.3 Å². The van der Waals surface area contributed by atoms with Crippen LogP contribution < -0.4 is 14.8 Å². The summed E-state index contributed by atoms with van der Waals surface area (Å²) in [5, 5.41) is 2.10. The van der Waals surface area contributed by atoms with Crippen LogP contribution in [0.25, 0.3) is 0 Å². The van der Waals surface area contributed by atoms with Crippen LogP contribution in [-0.4, -0.2) is 20.1 Å². The van der Waals surface area contributed by atoms with Crippen molar-refractivity contribution in [3.8, 4) is 11.5 Å². The molecule has 0 spiro atoms. The highest BCUT2D eigenvalue weighted by Crippen LogP contribution is 2.37. The molecule has 0 aliphatic carbocycles. The third-order valence-electron chi connectivity index (χ3n) is 4.06. The molecule has 0 aliphatic heterocycles. The molecule has 2 aromatic rings. The van der Waals surface area contributed by atoms with Crippen LogP contribution in [0.5, 0.6) is 11.5 Å². The zero-order valence-corrected chi connectivity index (χ0v) is 15.6. The van der Waals surface area contributed by atoms with E-state index in [4.69, 9.17) is 9.47 Å². The van der Waals surface area contributed by atoms with E-state index in [0.29, 0.717) is 34.8 Å². The molecule has 1 N–H and O–H groups in total. The van der Waals surface area contributed by atoms with E-state index in [-0.39, 0.29) is 12.5 Å². The summed E-state index contributed by atoms with van der Waals surface area (Å²) in [7, 11) is 2.81. The topological polar surface area (TPSA) is 47.6 Å². The number of rotatable bonds is 5. The number of hydrogen-bond acceptors (Lipinski definition) is 3. The molecule has 0 heterocycles. The van der Waals surface area contributed by atoms with Gasteiger partial charge in [0.15, 0.2) is 11.5 Å². The Labute approximate surface area is 162 Å². The van der Waals surface area contributed by atoms with E-state index >= 15 is 0 Å². The Morgan fingerprint density at radius 1 is 0.862 bits per heavy atom. The van der Waals surface area contributed by atoms with Crippen molar-refractivity contribution in [2.24, 2.45) is 0 Å². The number of carbonyl (C=O) groups excluding carboxylic acids is 1. The molecular weight excluding hydrogens is 404 g/mol. The van der Waals surface area contributed by atoms with E-state index in [2.05, 4.69) is 5.32 Å². The Hall–Kier alpha value is -2.91. The number of aryl methyl sites for hydroxylation is 1. The molecule has 0 radical (unpaired) electrons. The molecule has 2 rings (SSSR count). The van der Waals surface area contributed by atoms with Gasteiger partial charge in [0.1, 0.15) is 0 Å². The summed E-state index contributed by atoms with van der Waals surface area (Å²) in [6.45, 7) is 1.68. The summed E-state index contributed by atoms with van der Waals surface area (Å²) in [5.41, 5.74) is -2.51. The summed E-state index contributed by atoms with van der Waals surface area (Å²) in [6, 6.07) is 4.02. The summed E-state index contributed by atoms with van der Waals surface area (Å²) >= 11 is 0. The maximum absolute atomic E-state index is 12.9.